The van der Waals surface area contributed by atoms with Crippen molar-refractivity contribution < 1.29 is 4.42 Å². The molecule has 1 aromatic heterocycles. The third-order valence-corrected chi connectivity index (χ3v) is 1.81. The van der Waals surface area contributed by atoms with Gasteiger partial charge in [-0.15, -0.1) is 0 Å². The summed E-state index contributed by atoms with van der Waals surface area (Å²) in [6, 6.07) is 0.370. The van der Waals surface area contributed by atoms with Crippen LogP contribution in [0, 0.1) is 0 Å². The van der Waals surface area contributed by atoms with E-state index < -0.39 is 0 Å². The Morgan fingerprint density at radius 2 is 2.70 bits per heavy atom. The third kappa shape index (κ3) is 0.926. The minimum atomic E-state index is 0.370. The summed E-state index contributed by atoms with van der Waals surface area (Å²) in [6.45, 7) is 1.09. The molecule has 2 heterocycles. The van der Waals surface area contributed by atoms with Crippen molar-refractivity contribution in [3.05, 3.63) is 18.4 Å². The average molecular weight is 138 g/mol. The van der Waals surface area contributed by atoms with Crippen LogP contribution in [0.2, 0.25) is 0 Å². The Morgan fingerprint density at radius 1 is 1.70 bits per heavy atom. The van der Waals surface area contributed by atoms with Crippen molar-refractivity contribution in [2.24, 2.45) is 0 Å². The van der Waals surface area contributed by atoms with E-state index in [4.69, 9.17) is 4.42 Å². The van der Waals surface area contributed by atoms with Gasteiger partial charge >= 0.3 is 0 Å². The van der Waals surface area contributed by atoms with E-state index in [0.29, 0.717) is 6.04 Å². The van der Waals surface area contributed by atoms with E-state index >= 15 is 0 Å². The lowest BCUT2D eigenvalue weighted by Gasteiger charge is -2.02. The van der Waals surface area contributed by atoms with Crippen LogP contribution in [0.1, 0.15) is 24.8 Å². The fourth-order valence-corrected chi connectivity index (χ4v) is 1.30. The van der Waals surface area contributed by atoms with Crippen LogP contribution in [0.15, 0.2) is 16.9 Å². The molecular formula is C7H10N2O. The lowest BCUT2D eigenvalue weighted by Crippen LogP contribution is -2.12. The molecule has 0 amide bonds. The summed E-state index contributed by atoms with van der Waals surface area (Å²) in [5, 5.41) is 3.30. The molecule has 0 radical (unpaired) electrons. The number of rotatable bonds is 1. The van der Waals surface area contributed by atoms with Crippen molar-refractivity contribution in [1.29, 1.82) is 0 Å². The molecule has 1 N–H and O–H groups in total. The van der Waals surface area contributed by atoms with Crippen molar-refractivity contribution in [2.45, 2.75) is 18.9 Å². The third-order valence-electron chi connectivity index (χ3n) is 1.81. The maximum absolute atomic E-state index is 5.14. The molecule has 2 rings (SSSR count). The first kappa shape index (κ1) is 5.92. The van der Waals surface area contributed by atoms with Crippen molar-refractivity contribution >= 4 is 0 Å². The van der Waals surface area contributed by atoms with Crippen molar-refractivity contribution in [3.63, 3.8) is 0 Å². The van der Waals surface area contributed by atoms with Crippen LogP contribution in [0.3, 0.4) is 0 Å². The van der Waals surface area contributed by atoms with Gasteiger partial charge in [-0.05, 0) is 19.4 Å². The van der Waals surface area contributed by atoms with Gasteiger partial charge in [0.15, 0.2) is 0 Å². The molecule has 0 aliphatic carbocycles. The Kier molecular flexibility index (Phi) is 1.43. The quantitative estimate of drug-likeness (QED) is 0.631. The Hall–Kier alpha value is -0.830. The van der Waals surface area contributed by atoms with E-state index in [0.717, 1.165) is 18.9 Å². The van der Waals surface area contributed by atoms with E-state index in [1.807, 2.05) is 0 Å². The molecule has 1 fully saturated rings. The molecule has 3 nitrogen and oxygen atoms in total. The molecule has 1 saturated heterocycles. The predicted octanol–water partition coefficient (Wildman–Crippen LogP) is 1.10. The largest absolute Gasteiger partial charge is 0.447 e. The van der Waals surface area contributed by atoms with E-state index in [1.165, 1.54) is 6.42 Å². The Bertz CT molecular complexity index is 189. The summed E-state index contributed by atoms with van der Waals surface area (Å²) in [5.74, 6) is 0.831. The first-order valence-corrected chi connectivity index (χ1v) is 3.59. The standard InChI is InChI=1S/C7H10N2O/c1-2-6(8-3-1)7-9-4-5-10-7/h4-6,8H,1-3H2. The first-order valence-electron chi connectivity index (χ1n) is 3.59. The molecule has 0 saturated carbocycles. The number of oxazole rings is 1. The summed E-state index contributed by atoms with van der Waals surface area (Å²) in [5.41, 5.74) is 0. The molecule has 0 spiro atoms. The molecular weight excluding hydrogens is 128 g/mol. The summed E-state index contributed by atoms with van der Waals surface area (Å²) in [4.78, 5) is 4.07. The minimum absolute atomic E-state index is 0.370. The minimum Gasteiger partial charge on any atom is -0.447 e. The van der Waals surface area contributed by atoms with Gasteiger partial charge in [-0.1, -0.05) is 0 Å². The highest BCUT2D eigenvalue weighted by Gasteiger charge is 2.19. The first-order chi connectivity index (χ1) is 4.97. The molecule has 0 aromatic carbocycles. The predicted molar refractivity (Wildman–Crippen MR) is 36.5 cm³/mol. The molecule has 10 heavy (non-hydrogen) atoms. The molecule has 0 bridgehead atoms. The fourth-order valence-electron chi connectivity index (χ4n) is 1.30. The van der Waals surface area contributed by atoms with Gasteiger partial charge in [-0.3, -0.25) is 0 Å². The van der Waals surface area contributed by atoms with Crippen molar-refractivity contribution in [3.8, 4) is 0 Å². The van der Waals surface area contributed by atoms with Gasteiger partial charge in [0.1, 0.15) is 6.26 Å². The summed E-state index contributed by atoms with van der Waals surface area (Å²) in [6.07, 6.45) is 5.69. The SMILES string of the molecule is c1coc(C2CCCN2)n1. The summed E-state index contributed by atoms with van der Waals surface area (Å²) in [7, 11) is 0. The lowest BCUT2D eigenvalue weighted by molar-refractivity contribution is 0.429. The Morgan fingerprint density at radius 3 is 3.30 bits per heavy atom. The summed E-state index contributed by atoms with van der Waals surface area (Å²) < 4.78 is 5.14. The second-order valence-corrected chi connectivity index (χ2v) is 2.52. The zero-order valence-corrected chi connectivity index (χ0v) is 5.71. The van der Waals surface area contributed by atoms with Crippen molar-refractivity contribution in [1.82, 2.24) is 10.3 Å². The average Bonchev–Trinajstić information content (AvgIpc) is 2.59. The van der Waals surface area contributed by atoms with Gasteiger partial charge in [-0.2, -0.15) is 0 Å². The van der Waals surface area contributed by atoms with Gasteiger partial charge < -0.3 is 9.73 Å². The highest BCUT2D eigenvalue weighted by molar-refractivity contribution is 4.92. The highest BCUT2D eigenvalue weighted by Crippen LogP contribution is 2.20. The van der Waals surface area contributed by atoms with E-state index in [2.05, 4.69) is 10.3 Å². The van der Waals surface area contributed by atoms with Crippen LogP contribution >= 0.6 is 0 Å². The van der Waals surface area contributed by atoms with Crippen LogP contribution in [0.4, 0.5) is 0 Å². The van der Waals surface area contributed by atoms with E-state index in [-0.39, 0.29) is 0 Å². The Balaban J connectivity index is 2.12. The van der Waals surface area contributed by atoms with Crippen LogP contribution in [0.25, 0.3) is 0 Å². The van der Waals surface area contributed by atoms with Crippen LogP contribution in [-0.4, -0.2) is 11.5 Å². The lowest BCUT2D eigenvalue weighted by atomic mass is 10.2. The van der Waals surface area contributed by atoms with Gasteiger partial charge in [0.25, 0.3) is 0 Å². The zero-order valence-electron chi connectivity index (χ0n) is 5.71. The van der Waals surface area contributed by atoms with Gasteiger partial charge in [-0.25, -0.2) is 4.98 Å². The van der Waals surface area contributed by atoms with Crippen LogP contribution < -0.4 is 5.32 Å². The number of aromatic nitrogens is 1. The smallest absolute Gasteiger partial charge is 0.211 e. The number of hydrogen-bond donors (Lipinski definition) is 1. The topological polar surface area (TPSA) is 38.1 Å². The molecule has 1 aliphatic heterocycles. The van der Waals surface area contributed by atoms with Crippen LogP contribution in [-0.2, 0) is 0 Å². The number of hydrogen-bond acceptors (Lipinski definition) is 3. The second-order valence-electron chi connectivity index (χ2n) is 2.52. The maximum Gasteiger partial charge on any atom is 0.211 e. The van der Waals surface area contributed by atoms with Crippen molar-refractivity contribution in [2.75, 3.05) is 6.54 Å². The zero-order chi connectivity index (χ0) is 6.81. The van der Waals surface area contributed by atoms with Gasteiger partial charge in [0.05, 0.1) is 12.2 Å². The van der Waals surface area contributed by atoms with Gasteiger partial charge in [0.2, 0.25) is 5.89 Å². The molecule has 1 atom stereocenters. The van der Waals surface area contributed by atoms with Gasteiger partial charge in [0, 0.05) is 0 Å². The molecule has 3 heteroatoms. The van der Waals surface area contributed by atoms with Crippen LogP contribution in [0.5, 0.6) is 0 Å². The fraction of sp³-hybridized carbons (Fsp3) is 0.571. The number of nitrogens with one attached hydrogen (secondary N) is 1. The monoisotopic (exact) mass is 138 g/mol. The second kappa shape index (κ2) is 2.42. The Labute approximate surface area is 59.4 Å². The molecule has 1 unspecified atom stereocenters. The molecule has 1 aromatic rings. The summed E-state index contributed by atoms with van der Waals surface area (Å²) >= 11 is 0. The van der Waals surface area contributed by atoms with E-state index in [1.54, 1.807) is 12.5 Å². The molecule has 54 valence electrons. The highest BCUT2D eigenvalue weighted by atomic mass is 16.3. The molecule has 1 aliphatic rings. The maximum atomic E-state index is 5.14. The number of nitrogens with zero attached hydrogens (tertiary/aromatic N) is 1. The normalized spacial score (nSPS) is 25.4. The van der Waals surface area contributed by atoms with E-state index in [9.17, 15) is 0 Å².